The minimum absolute atomic E-state index is 0.675. The lowest BCUT2D eigenvalue weighted by Gasteiger charge is -1.94. The van der Waals surface area contributed by atoms with Crippen molar-refractivity contribution in [1.29, 1.82) is 0 Å². The fourth-order valence-electron chi connectivity index (χ4n) is 1.82. The largest absolute Gasteiger partial charge is 0.326 e. The van der Waals surface area contributed by atoms with E-state index in [-0.39, 0.29) is 0 Å². The predicted molar refractivity (Wildman–Crippen MR) is 55.2 cm³/mol. The normalized spacial score (nSPS) is 16.4. The average Bonchev–Trinajstić information content (AvgIpc) is 2.97. The van der Waals surface area contributed by atoms with Gasteiger partial charge in [-0.25, -0.2) is 9.97 Å². The number of nitrogens with zero attached hydrogens (tertiary/aromatic N) is 2. The molecule has 0 saturated heterocycles. The van der Waals surface area contributed by atoms with Crippen LogP contribution in [0.15, 0.2) is 12.3 Å². The van der Waals surface area contributed by atoms with E-state index in [4.69, 9.17) is 0 Å². The van der Waals surface area contributed by atoms with Gasteiger partial charge in [0.15, 0.2) is 5.65 Å². The number of nitrogens with one attached hydrogen (secondary N) is 1. The van der Waals surface area contributed by atoms with Gasteiger partial charge in [0.05, 0.1) is 0 Å². The summed E-state index contributed by atoms with van der Waals surface area (Å²) in [6, 6.07) is 2.06. The van der Waals surface area contributed by atoms with Crippen molar-refractivity contribution in [2.75, 3.05) is 0 Å². The first-order valence-electron chi connectivity index (χ1n) is 5.22. The number of imidazole rings is 1. The van der Waals surface area contributed by atoms with Gasteiger partial charge in [0.2, 0.25) is 0 Å². The Morgan fingerprint density at radius 2 is 2.36 bits per heavy atom. The number of aromatic amines is 1. The molecule has 2 heterocycles. The quantitative estimate of drug-likeness (QED) is 0.784. The highest BCUT2D eigenvalue weighted by molar-refractivity contribution is 5.74. The number of aryl methyl sites for hydroxylation is 1. The smallest absolute Gasteiger partial charge is 0.157 e. The second-order valence-corrected chi connectivity index (χ2v) is 3.92. The van der Waals surface area contributed by atoms with E-state index in [1.807, 2.05) is 6.20 Å². The van der Waals surface area contributed by atoms with Crippen LogP contribution in [-0.2, 0) is 6.42 Å². The van der Waals surface area contributed by atoms with Crippen LogP contribution in [0.25, 0.3) is 11.2 Å². The Labute approximate surface area is 82.6 Å². The summed E-state index contributed by atoms with van der Waals surface area (Å²) in [6.45, 7) is 2.15. The Hall–Kier alpha value is -1.38. The molecule has 1 aliphatic carbocycles. The lowest BCUT2D eigenvalue weighted by molar-refractivity contribution is 0.982. The van der Waals surface area contributed by atoms with Crippen molar-refractivity contribution >= 4 is 11.2 Å². The summed E-state index contributed by atoms with van der Waals surface area (Å²) in [7, 11) is 0. The summed E-state index contributed by atoms with van der Waals surface area (Å²) >= 11 is 0. The minimum Gasteiger partial charge on any atom is -0.326 e. The van der Waals surface area contributed by atoms with E-state index in [0.29, 0.717) is 5.92 Å². The average molecular weight is 187 g/mol. The van der Waals surface area contributed by atoms with Crippen LogP contribution in [-0.4, -0.2) is 15.0 Å². The van der Waals surface area contributed by atoms with Crippen molar-refractivity contribution in [1.82, 2.24) is 15.0 Å². The maximum absolute atomic E-state index is 4.63. The maximum Gasteiger partial charge on any atom is 0.157 e. The standard InChI is InChI=1S/C11H13N3/c1-2-7-5-6-12-11-9(7)13-10(14-11)8-3-4-8/h5-6,8H,2-4H2,1H3,(H,12,13,14). The maximum atomic E-state index is 4.63. The first-order valence-corrected chi connectivity index (χ1v) is 5.22. The Kier molecular flexibility index (Phi) is 1.60. The zero-order valence-corrected chi connectivity index (χ0v) is 8.25. The zero-order chi connectivity index (χ0) is 9.54. The highest BCUT2D eigenvalue weighted by Gasteiger charge is 2.27. The molecule has 2 aromatic heterocycles. The second kappa shape index (κ2) is 2.80. The number of fused-ring (bicyclic) bond motifs is 1. The van der Waals surface area contributed by atoms with Gasteiger partial charge in [0.1, 0.15) is 11.3 Å². The van der Waals surface area contributed by atoms with Crippen LogP contribution in [0.2, 0.25) is 0 Å². The fourth-order valence-corrected chi connectivity index (χ4v) is 1.82. The van der Waals surface area contributed by atoms with Crippen LogP contribution < -0.4 is 0 Å². The molecule has 0 aromatic carbocycles. The fraction of sp³-hybridized carbons (Fsp3) is 0.455. The molecule has 3 rings (SSSR count). The monoisotopic (exact) mass is 187 g/mol. The molecule has 3 heteroatoms. The molecular weight excluding hydrogens is 174 g/mol. The van der Waals surface area contributed by atoms with Gasteiger partial charge in [-0.15, -0.1) is 0 Å². The third-order valence-electron chi connectivity index (χ3n) is 2.83. The number of hydrogen-bond acceptors (Lipinski definition) is 2. The van der Waals surface area contributed by atoms with Crippen LogP contribution in [0, 0.1) is 0 Å². The number of hydrogen-bond donors (Lipinski definition) is 1. The van der Waals surface area contributed by atoms with Crippen LogP contribution >= 0.6 is 0 Å². The molecule has 2 aromatic rings. The van der Waals surface area contributed by atoms with E-state index in [9.17, 15) is 0 Å². The molecule has 1 aliphatic rings. The van der Waals surface area contributed by atoms with Gasteiger partial charge in [-0.3, -0.25) is 0 Å². The van der Waals surface area contributed by atoms with Crippen molar-refractivity contribution < 1.29 is 0 Å². The molecule has 1 N–H and O–H groups in total. The molecule has 1 fully saturated rings. The van der Waals surface area contributed by atoms with Gasteiger partial charge in [-0.05, 0) is 30.9 Å². The Balaban J connectivity index is 2.20. The van der Waals surface area contributed by atoms with Crippen molar-refractivity contribution in [3.63, 3.8) is 0 Å². The lowest BCUT2D eigenvalue weighted by Crippen LogP contribution is -1.84. The topological polar surface area (TPSA) is 41.6 Å². The second-order valence-electron chi connectivity index (χ2n) is 3.92. The van der Waals surface area contributed by atoms with E-state index in [1.165, 1.54) is 18.4 Å². The highest BCUT2D eigenvalue weighted by Crippen LogP contribution is 2.39. The molecule has 14 heavy (non-hydrogen) atoms. The van der Waals surface area contributed by atoms with Gasteiger partial charge in [-0.2, -0.15) is 0 Å². The third kappa shape index (κ3) is 1.12. The summed E-state index contributed by atoms with van der Waals surface area (Å²) in [5, 5.41) is 0. The van der Waals surface area contributed by atoms with E-state index < -0.39 is 0 Å². The van der Waals surface area contributed by atoms with Gasteiger partial charge in [0, 0.05) is 12.1 Å². The molecular formula is C11H13N3. The summed E-state index contributed by atoms with van der Waals surface area (Å²) in [5.41, 5.74) is 3.31. The van der Waals surface area contributed by atoms with Gasteiger partial charge in [-0.1, -0.05) is 6.92 Å². The van der Waals surface area contributed by atoms with Crippen LogP contribution in [0.5, 0.6) is 0 Å². The molecule has 0 amide bonds. The van der Waals surface area contributed by atoms with Crippen molar-refractivity contribution in [2.24, 2.45) is 0 Å². The van der Waals surface area contributed by atoms with Gasteiger partial charge >= 0.3 is 0 Å². The summed E-state index contributed by atoms with van der Waals surface area (Å²) in [5.74, 6) is 1.81. The van der Waals surface area contributed by atoms with Crippen molar-refractivity contribution in [3.05, 3.63) is 23.7 Å². The molecule has 0 spiro atoms. The molecule has 72 valence electrons. The summed E-state index contributed by atoms with van der Waals surface area (Å²) in [4.78, 5) is 12.2. The number of aromatic nitrogens is 3. The van der Waals surface area contributed by atoms with Crippen LogP contribution in [0.4, 0.5) is 0 Å². The van der Waals surface area contributed by atoms with E-state index in [1.54, 1.807) is 0 Å². The molecule has 0 atom stereocenters. The van der Waals surface area contributed by atoms with Crippen LogP contribution in [0.1, 0.15) is 37.1 Å². The zero-order valence-electron chi connectivity index (χ0n) is 8.25. The first-order chi connectivity index (χ1) is 6.88. The van der Waals surface area contributed by atoms with Gasteiger partial charge < -0.3 is 4.98 Å². The highest BCUT2D eigenvalue weighted by atomic mass is 15.0. The van der Waals surface area contributed by atoms with Gasteiger partial charge in [0.25, 0.3) is 0 Å². The van der Waals surface area contributed by atoms with Crippen molar-refractivity contribution in [3.8, 4) is 0 Å². The van der Waals surface area contributed by atoms with E-state index in [0.717, 1.165) is 23.4 Å². The third-order valence-corrected chi connectivity index (χ3v) is 2.83. The van der Waals surface area contributed by atoms with Crippen molar-refractivity contribution in [2.45, 2.75) is 32.1 Å². The van der Waals surface area contributed by atoms with E-state index in [2.05, 4.69) is 27.9 Å². The molecule has 3 nitrogen and oxygen atoms in total. The Bertz CT molecular complexity index is 468. The molecule has 1 saturated carbocycles. The van der Waals surface area contributed by atoms with E-state index >= 15 is 0 Å². The molecule has 0 aliphatic heterocycles. The SMILES string of the molecule is CCc1ccnc2[nH]c(C3CC3)nc12. The Morgan fingerprint density at radius 1 is 1.50 bits per heavy atom. The number of pyridine rings is 1. The number of H-pyrrole nitrogens is 1. The lowest BCUT2D eigenvalue weighted by atomic mass is 10.2. The van der Waals surface area contributed by atoms with Crippen LogP contribution in [0.3, 0.4) is 0 Å². The molecule has 0 radical (unpaired) electrons. The summed E-state index contributed by atoms with van der Waals surface area (Å²) in [6.07, 6.45) is 5.44. The molecule has 0 unspecified atom stereocenters. The first kappa shape index (κ1) is 7.97. The number of rotatable bonds is 2. The minimum atomic E-state index is 0.675. The predicted octanol–water partition coefficient (Wildman–Crippen LogP) is 2.40. The molecule has 0 bridgehead atoms. The Morgan fingerprint density at radius 3 is 3.07 bits per heavy atom. The summed E-state index contributed by atoms with van der Waals surface area (Å²) < 4.78 is 0.